The number of amides is 1. The average molecular weight is 279 g/mol. The number of rotatable bonds is 5. The van der Waals surface area contributed by atoms with Gasteiger partial charge >= 0.3 is 0 Å². The quantitative estimate of drug-likeness (QED) is 0.896. The number of hydrogen-bond donors (Lipinski definition) is 1. The zero-order valence-corrected chi connectivity index (χ0v) is 12.6. The van der Waals surface area contributed by atoms with Crippen LogP contribution in [0.5, 0.6) is 11.5 Å². The molecule has 0 saturated heterocycles. The summed E-state index contributed by atoms with van der Waals surface area (Å²) in [7, 11) is 3.02. The van der Waals surface area contributed by atoms with E-state index in [1.54, 1.807) is 18.2 Å². The van der Waals surface area contributed by atoms with Crippen LogP contribution in [0.1, 0.15) is 31.1 Å². The number of nitrogens with one attached hydrogen (secondary N) is 1. The van der Waals surface area contributed by atoms with Crippen LogP contribution in [-0.2, 0) is 4.79 Å². The molecular weight excluding hydrogens is 258 g/mol. The molecule has 1 aromatic rings. The normalized spacial score (nSPS) is 10.8. The lowest BCUT2D eigenvalue weighted by Crippen LogP contribution is -2.35. The summed E-state index contributed by atoms with van der Waals surface area (Å²) in [5, 5.41) is 2.61. The third kappa shape index (κ3) is 3.98. The molecule has 0 saturated carbocycles. The predicted octanol–water partition coefficient (Wildman–Crippen LogP) is 2.05. The molecule has 110 valence electrons. The number of hydrogen-bond acceptors (Lipinski definition) is 4. The van der Waals surface area contributed by atoms with Crippen molar-refractivity contribution in [1.29, 1.82) is 0 Å². The molecule has 5 nitrogen and oxygen atoms in total. The van der Waals surface area contributed by atoms with Gasteiger partial charge in [0, 0.05) is 11.5 Å². The minimum Gasteiger partial charge on any atom is -0.497 e. The number of ketones is 1. The first kappa shape index (κ1) is 16.0. The van der Waals surface area contributed by atoms with Gasteiger partial charge in [-0.2, -0.15) is 0 Å². The van der Waals surface area contributed by atoms with Crippen LogP contribution in [0.25, 0.3) is 0 Å². The van der Waals surface area contributed by atoms with Gasteiger partial charge in [-0.05, 0) is 12.1 Å². The zero-order valence-electron chi connectivity index (χ0n) is 12.6. The second-order valence-electron chi connectivity index (χ2n) is 5.42. The molecule has 1 aromatic carbocycles. The second kappa shape index (κ2) is 6.41. The Morgan fingerprint density at radius 2 is 1.80 bits per heavy atom. The van der Waals surface area contributed by atoms with E-state index in [1.165, 1.54) is 14.2 Å². The SMILES string of the molecule is COc1ccc(C(=O)NCC(=O)C(C)(C)C)c(OC)c1. The fraction of sp³-hybridized carbons (Fsp3) is 0.467. The maximum atomic E-state index is 12.1. The number of carbonyl (C=O) groups excluding carboxylic acids is 2. The van der Waals surface area contributed by atoms with E-state index in [1.807, 2.05) is 20.8 Å². The molecular formula is C15H21NO4. The van der Waals surface area contributed by atoms with Crippen molar-refractivity contribution in [2.24, 2.45) is 5.41 Å². The van der Waals surface area contributed by atoms with Crippen LogP contribution in [-0.4, -0.2) is 32.5 Å². The van der Waals surface area contributed by atoms with Crippen LogP contribution >= 0.6 is 0 Å². The van der Waals surface area contributed by atoms with Gasteiger partial charge in [-0.1, -0.05) is 20.8 Å². The van der Waals surface area contributed by atoms with Crippen molar-refractivity contribution < 1.29 is 19.1 Å². The van der Waals surface area contributed by atoms with Crippen molar-refractivity contribution in [1.82, 2.24) is 5.32 Å². The Bertz CT molecular complexity index is 503. The highest BCUT2D eigenvalue weighted by atomic mass is 16.5. The number of ether oxygens (including phenoxy) is 2. The molecule has 0 fully saturated rings. The van der Waals surface area contributed by atoms with Crippen molar-refractivity contribution in [2.75, 3.05) is 20.8 Å². The van der Waals surface area contributed by atoms with Gasteiger partial charge in [-0.15, -0.1) is 0 Å². The lowest BCUT2D eigenvalue weighted by atomic mass is 9.91. The molecule has 0 aliphatic carbocycles. The molecule has 0 aliphatic heterocycles. The van der Waals surface area contributed by atoms with E-state index in [-0.39, 0.29) is 18.2 Å². The smallest absolute Gasteiger partial charge is 0.255 e. The fourth-order valence-corrected chi connectivity index (χ4v) is 1.51. The van der Waals surface area contributed by atoms with Gasteiger partial charge in [-0.25, -0.2) is 0 Å². The first-order valence-corrected chi connectivity index (χ1v) is 6.33. The Labute approximate surface area is 119 Å². The molecule has 0 atom stereocenters. The molecule has 0 aliphatic rings. The second-order valence-corrected chi connectivity index (χ2v) is 5.42. The summed E-state index contributed by atoms with van der Waals surface area (Å²) < 4.78 is 10.2. The highest BCUT2D eigenvalue weighted by molar-refractivity contribution is 5.99. The van der Waals surface area contributed by atoms with Crippen LogP contribution in [0.3, 0.4) is 0 Å². The van der Waals surface area contributed by atoms with Crippen LogP contribution in [0.15, 0.2) is 18.2 Å². The standard InChI is InChI=1S/C15H21NO4/c1-15(2,3)13(17)9-16-14(18)11-7-6-10(19-4)8-12(11)20-5/h6-8H,9H2,1-5H3,(H,16,18). The summed E-state index contributed by atoms with van der Waals surface area (Å²) >= 11 is 0. The van der Waals surface area contributed by atoms with E-state index in [9.17, 15) is 9.59 Å². The molecule has 1 amide bonds. The third-order valence-electron chi connectivity index (χ3n) is 2.90. The molecule has 0 heterocycles. The highest BCUT2D eigenvalue weighted by Gasteiger charge is 2.22. The van der Waals surface area contributed by atoms with E-state index in [4.69, 9.17) is 9.47 Å². The minimum atomic E-state index is -0.475. The number of Topliss-reactive ketones (excluding diaryl/α,β-unsaturated/α-hetero) is 1. The third-order valence-corrected chi connectivity index (χ3v) is 2.90. The van der Waals surface area contributed by atoms with Crippen molar-refractivity contribution in [3.05, 3.63) is 23.8 Å². The van der Waals surface area contributed by atoms with E-state index in [0.717, 1.165) is 0 Å². The van der Waals surface area contributed by atoms with Gasteiger partial charge in [0.1, 0.15) is 11.5 Å². The van der Waals surface area contributed by atoms with Crippen molar-refractivity contribution in [2.45, 2.75) is 20.8 Å². The fourth-order valence-electron chi connectivity index (χ4n) is 1.51. The van der Waals surface area contributed by atoms with Crippen molar-refractivity contribution >= 4 is 11.7 Å². The molecule has 1 N–H and O–H groups in total. The molecule has 0 spiro atoms. The van der Waals surface area contributed by atoms with Crippen molar-refractivity contribution in [3.63, 3.8) is 0 Å². The van der Waals surface area contributed by atoms with Gasteiger partial charge in [0.15, 0.2) is 5.78 Å². The number of methoxy groups -OCH3 is 2. The Hall–Kier alpha value is -2.04. The molecule has 0 aromatic heterocycles. The monoisotopic (exact) mass is 279 g/mol. The van der Waals surface area contributed by atoms with Crippen LogP contribution in [0, 0.1) is 5.41 Å². The lowest BCUT2D eigenvalue weighted by Gasteiger charge is -2.17. The summed E-state index contributed by atoms with van der Waals surface area (Å²) in [6.45, 7) is 5.44. The number of benzene rings is 1. The van der Waals surface area contributed by atoms with Crippen molar-refractivity contribution in [3.8, 4) is 11.5 Å². The van der Waals surface area contributed by atoms with Gasteiger partial charge in [0.25, 0.3) is 5.91 Å². The Morgan fingerprint density at radius 1 is 1.15 bits per heavy atom. The summed E-state index contributed by atoms with van der Waals surface area (Å²) in [5.74, 6) is 0.634. The molecule has 1 rings (SSSR count). The maximum Gasteiger partial charge on any atom is 0.255 e. The largest absolute Gasteiger partial charge is 0.497 e. The summed E-state index contributed by atoms with van der Waals surface area (Å²) in [4.78, 5) is 23.9. The molecule has 5 heteroatoms. The minimum absolute atomic E-state index is 0.00246. The van der Waals surface area contributed by atoms with Crippen LogP contribution < -0.4 is 14.8 Å². The molecule has 0 radical (unpaired) electrons. The van der Waals surface area contributed by atoms with E-state index < -0.39 is 5.41 Å². The topological polar surface area (TPSA) is 64.6 Å². The van der Waals surface area contributed by atoms with Crippen LogP contribution in [0.2, 0.25) is 0 Å². The van der Waals surface area contributed by atoms with Gasteiger partial charge in [-0.3, -0.25) is 9.59 Å². The maximum absolute atomic E-state index is 12.1. The summed E-state index contributed by atoms with van der Waals surface area (Å²) in [6, 6.07) is 4.90. The van der Waals surface area contributed by atoms with E-state index in [0.29, 0.717) is 17.1 Å². The zero-order chi connectivity index (χ0) is 15.3. The van der Waals surface area contributed by atoms with E-state index >= 15 is 0 Å². The van der Waals surface area contributed by atoms with Crippen LogP contribution in [0.4, 0.5) is 0 Å². The Kier molecular flexibility index (Phi) is 5.13. The first-order chi connectivity index (χ1) is 9.29. The average Bonchev–Trinajstić information content (AvgIpc) is 2.42. The summed E-state index contributed by atoms with van der Waals surface area (Å²) in [6.07, 6.45) is 0. The molecule has 0 bridgehead atoms. The Balaban J connectivity index is 2.80. The summed E-state index contributed by atoms with van der Waals surface area (Å²) in [5.41, 5.74) is -0.105. The highest BCUT2D eigenvalue weighted by Crippen LogP contribution is 2.24. The van der Waals surface area contributed by atoms with Gasteiger partial charge in [0.2, 0.25) is 0 Å². The predicted molar refractivity (Wildman–Crippen MR) is 76.3 cm³/mol. The lowest BCUT2D eigenvalue weighted by molar-refractivity contribution is -0.125. The number of carbonyl (C=O) groups is 2. The molecule has 0 unspecified atom stereocenters. The van der Waals surface area contributed by atoms with E-state index in [2.05, 4.69) is 5.32 Å². The molecule has 20 heavy (non-hydrogen) atoms. The Morgan fingerprint density at radius 3 is 2.30 bits per heavy atom. The van der Waals surface area contributed by atoms with Gasteiger partial charge in [0.05, 0.1) is 26.3 Å². The van der Waals surface area contributed by atoms with Gasteiger partial charge < -0.3 is 14.8 Å². The first-order valence-electron chi connectivity index (χ1n) is 6.33.